The lowest BCUT2D eigenvalue weighted by molar-refractivity contribution is -0.386. The zero-order valence-corrected chi connectivity index (χ0v) is 11.0. The number of likely N-dealkylation sites (tertiary alicyclic amines) is 1. The van der Waals surface area contributed by atoms with Crippen molar-refractivity contribution in [2.45, 2.75) is 25.4 Å². The lowest BCUT2D eigenvalue weighted by Crippen LogP contribution is -2.36. The molecule has 1 fully saturated rings. The Morgan fingerprint density at radius 3 is 3.00 bits per heavy atom. The van der Waals surface area contributed by atoms with Crippen molar-refractivity contribution >= 4 is 11.7 Å². The summed E-state index contributed by atoms with van der Waals surface area (Å²) in [6.07, 6.45) is 1.40. The molecule has 6 nitrogen and oxygen atoms in total. The predicted molar refractivity (Wildman–Crippen MR) is 68.5 cm³/mol. The molecule has 1 aliphatic heterocycles. The van der Waals surface area contributed by atoms with Gasteiger partial charge in [-0.3, -0.25) is 19.8 Å². The number of methoxy groups -OCH3 is 1. The van der Waals surface area contributed by atoms with E-state index in [1.54, 1.807) is 4.90 Å². The highest BCUT2D eigenvalue weighted by Gasteiger charge is 2.33. The van der Waals surface area contributed by atoms with E-state index in [0.29, 0.717) is 13.0 Å². The van der Waals surface area contributed by atoms with Crippen molar-refractivity contribution in [3.8, 4) is 0 Å². The van der Waals surface area contributed by atoms with Crippen LogP contribution in [0.15, 0.2) is 18.2 Å². The predicted octanol–water partition coefficient (Wildman–Crippen LogP) is 1.87. The third-order valence-corrected chi connectivity index (χ3v) is 3.49. The molecule has 0 radical (unpaired) electrons. The Balaban J connectivity index is 2.25. The molecule has 108 valence electrons. The fraction of sp³-hybridized carbons (Fsp3) is 0.462. The number of nitrogens with zero attached hydrogens (tertiary/aromatic N) is 2. The van der Waals surface area contributed by atoms with Crippen LogP contribution in [0.4, 0.5) is 10.1 Å². The number of carbonyl (C=O) groups excluding carboxylic acids is 1. The van der Waals surface area contributed by atoms with Gasteiger partial charge in [-0.15, -0.1) is 0 Å². The molecule has 0 bridgehead atoms. The third-order valence-electron chi connectivity index (χ3n) is 3.49. The van der Waals surface area contributed by atoms with E-state index in [1.165, 1.54) is 25.3 Å². The van der Waals surface area contributed by atoms with Crippen molar-refractivity contribution in [2.75, 3.05) is 13.7 Å². The number of ether oxygens (including phenoxy) is 1. The number of nitro groups is 1. The molecule has 7 heteroatoms. The van der Waals surface area contributed by atoms with Gasteiger partial charge >= 0.3 is 5.97 Å². The number of rotatable bonds is 4. The van der Waals surface area contributed by atoms with Crippen LogP contribution in [-0.2, 0) is 16.1 Å². The summed E-state index contributed by atoms with van der Waals surface area (Å²) in [5.41, 5.74) is -0.256. The molecule has 2 rings (SSSR count). The molecule has 20 heavy (non-hydrogen) atoms. The SMILES string of the molecule is COC(=O)C1CCCN1Cc1c(F)cccc1[N+](=O)[O-]. The van der Waals surface area contributed by atoms with Gasteiger partial charge in [0, 0.05) is 12.6 Å². The van der Waals surface area contributed by atoms with Gasteiger partial charge < -0.3 is 4.74 Å². The fourth-order valence-electron chi connectivity index (χ4n) is 2.50. The van der Waals surface area contributed by atoms with Gasteiger partial charge in [-0.1, -0.05) is 6.07 Å². The fourth-order valence-corrected chi connectivity index (χ4v) is 2.50. The van der Waals surface area contributed by atoms with E-state index in [9.17, 15) is 19.3 Å². The van der Waals surface area contributed by atoms with Crippen LogP contribution in [0.2, 0.25) is 0 Å². The van der Waals surface area contributed by atoms with Gasteiger partial charge in [0.1, 0.15) is 11.9 Å². The van der Waals surface area contributed by atoms with Gasteiger partial charge in [0.05, 0.1) is 17.6 Å². The maximum Gasteiger partial charge on any atom is 0.323 e. The summed E-state index contributed by atoms with van der Waals surface area (Å²) in [5.74, 6) is -1.02. The molecule has 0 N–H and O–H groups in total. The summed E-state index contributed by atoms with van der Waals surface area (Å²) >= 11 is 0. The summed E-state index contributed by atoms with van der Waals surface area (Å²) in [7, 11) is 1.30. The minimum absolute atomic E-state index is 0.00769. The van der Waals surface area contributed by atoms with Crippen molar-refractivity contribution in [1.82, 2.24) is 4.90 Å². The van der Waals surface area contributed by atoms with Crippen molar-refractivity contribution in [1.29, 1.82) is 0 Å². The van der Waals surface area contributed by atoms with Gasteiger partial charge in [0.2, 0.25) is 0 Å². The minimum Gasteiger partial charge on any atom is -0.468 e. The quantitative estimate of drug-likeness (QED) is 0.479. The second-order valence-electron chi connectivity index (χ2n) is 4.65. The average Bonchev–Trinajstić information content (AvgIpc) is 2.88. The Kier molecular flexibility index (Phi) is 4.29. The summed E-state index contributed by atoms with van der Waals surface area (Å²) in [5, 5.41) is 10.9. The average molecular weight is 282 g/mol. The number of halogens is 1. The first-order valence-corrected chi connectivity index (χ1v) is 6.28. The van der Waals surface area contributed by atoms with Crippen LogP contribution < -0.4 is 0 Å². The number of nitro benzene ring substituents is 1. The first-order valence-electron chi connectivity index (χ1n) is 6.28. The standard InChI is InChI=1S/C13H15FN2O4/c1-20-13(17)12-6-3-7-15(12)8-9-10(14)4-2-5-11(9)16(18)19/h2,4-5,12H,3,6-8H2,1H3. The van der Waals surface area contributed by atoms with Crippen LogP contribution in [0.25, 0.3) is 0 Å². The molecule has 0 spiro atoms. The molecule has 1 aliphatic rings. The smallest absolute Gasteiger partial charge is 0.323 e. The van der Waals surface area contributed by atoms with Gasteiger partial charge in [0.15, 0.2) is 0 Å². The number of carbonyl (C=O) groups is 1. The van der Waals surface area contributed by atoms with Gasteiger partial charge in [-0.2, -0.15) is 0 Å². The van der Waals surface area contributed by atoms with Crippen LogP contribution in [0, 0.1) is 15.9 Å². The molecule has 1 aromatic rings. The second-order valence-corrected chi connectivity index (χ2v) is 4.65. The maximum atomic E-state index is 13.8. The molecular formula is C13H15FN2O4. The van der Waals surface area contributed by atoms with Crippen LogP contribution in [0.5, 0.6) is 0 Å². The van der Waals surface area contributed by atoms with Gasteiger partial charge in [-0.25, -0.2) is 4.39 Å². The van der Waals surface area contributed by atoms with Gasteiger partial charge in [-0.05, 0) is 25.5 Å². The lowest BCUT2D eigenvalue weighted by atomic mass is 10.1. The van der Waals surface area contributed by atoms with Gasteiger partial charge in [0.25, 0.3) is 5.69 Å². The summed E-state index contributed by atoms with van der Waals surface area (Å²) in [6.45, 7) is 0.619. The van der Waals surface area contributed by atoms with Crippen molar-refractivity contribution < 1.29 is 18.8 Å². The van der Waals surface area contributed by atoms with E-state index >= 15 is 0 Å². The van der Waals surface area contributed by atoms with Crippen molar-refractivity contribution in [3.05, 3.63) is 39.7 Å². The van der Waals surface area contributed by atoms with Crippen LogP contribution in [0.1, 0.15) is 18.4 Å². The molecule has 1 heterocycles. The molecule has 0 aromatic heterocycles. The van der Waals surface area contributed by atoms with E-state index in [4.69, 9.17) is 4.74 Å². The Bertz CT molecular complexity index is 535. The molecule has 0 amide bonds. The largest absolute Gasteiger partial charge is 0.468 e. The summed E-state index contributed by atoms with van der Waals surface area (Å²) in [6, 6.07) is 3.30. The summed E-state index contributed by atoms with van der Waals surface area (Å²) in [4.78, 5) is 23.7. The zero-order valence-electron chi connectivity index (χ0n) is 11.0. The Morgan fingerprint density at radius 1 is 1.60 bits per heavy atom. The Hall–Kier alpha value is -2.02. The number of hydrogen-bond acceptors (Lipinski definition) is 5. The molecule has 0 aliphatic carbocycles. The number of esters is 1. The second kappa shape index (κ2) is 5.96. The molecule has 1 atom stereocenters. The highest BCUT2D eigenvalue weighted by atomic mass is 19.1. The molecule has 1 unspecified atom stereocenters. The highest BCUT2D eigenvalue weighted by Crippen LogP contribution is 2.27. The van der Waals surface area contributed by atoms with Crippen LogP contribution >= 0.6 is 0 Å². The first kappa shape index (κ1) is 14.4. The molecule has 1 aromatic carbocycles. The monoisotopic (exact) mass is 282 g/mol. The number of hydrogen-bond donors (Lipinski definition) is 0. The minimum atomic E-state index is -0.630. The van der Waals surface area contributed by atoms with Crippen LogP contribution in [-0.4, -0.2) is 35.5 Å². The first-order chi connectivity index (χ1) is 9.54. The van der Waals surface area contributed by atoms with Crippen molar-refractivity contribution in [2.24, 2.45) is 0 Å². The van der Waals surface area contributed by atoms with E-state index in [1.807, 2.05) is 0 Å². The topological polar surface area (TPSA) is 72.7 Å². The summed E-state index contributed by atoms with van der Waals surface area (Å²) < 4.78 is 18.5. The van der Waals surface area contributed by atoms with E-state index < -0.39 is 16.8 Å². The lowest BCUT2D eigenvalue weighted by Gasteiger charge is -2.22. The van der Waals surface area contributed by atoms with E-state index in [-0.39, 0.29) is 23.8 Å². The zero-order chi connectivity index (χ0) is 14.7. The Morgan fingerprint density at radius 2 is 2.35 bits per heavy atom. The molecule has 0 saturated carbocycles. The maximum absolute atomic E-state index is 13.8. The Labute approximate surface area is 115 Å². The third kappa shape index (κ3) is 2.77. The van der Waals surface area contributed by atoms with Crippen LogP contribution in [0.3, 0.4) is 0 Å². The van der Waals surface area contributed by atoms with E-state index in [2.05, 4.69) is 0 Å². The number of benzene rings is 1. The molecule has 1 saturated heterocycles. The van der Waals surface area contributed by atoms with E-state index in [0.717, 1.165) is 6.42 Å². The molecular weight excluding hydrogens is 267 g/mol. The van der Waals surface area contributed by atoms with Crippen molar-refractivity contribution in [3.63, 3.8) is 0 Å². The highest BCUT2D eigenvalue weighted by molar-refractivity contribution is 5.76. The normalized spacial score (nSPS) is 19.0.